The first-order valence-electron chi connectivity index (χ1n) is 7.85. The minimum Gasteiger partial charge on any atom is -0.354 e. The van der Waals surface area contributed by atoms with E-state index in [9.17, 15) is 4.79 Å². The zero-order valence-corrected chi connectivity index (χ0v) is 12.4. The average molecular weight is 267 g/mol. The average Bonchev–Trinajstić information content (AvgIpc) is 2.89. The van der Waals surface area contributed by atoms with Crippen LogP contribution >= 0.6 is 0 Å². The van der Waals surface area contributed by atoms with Crippen molar-refractivity contribution < 1.29 is 4.79 Å². The lowest BCUT2D eigenvalue weighted by atomic mass is 9.78. The molecule has 0 aromatic rings. The number of hydrogen-bond acceptors (Lipinski definition) is 3. The van der Waals surface area contributed by atoms with Crippen molar-refractivity contribution in [3.8, 4) is 0 Å². The first-order chi connectivity index (χ1) is 9.08. The second kappa shape index (κ2) is 6.71. The van der Waals surface area contributed by atoms with Gasteiger partial charge in [-0.05, 0) is 58.0 Å². The number of carbonyl (C=O) groups is 1. The summed E-state index contributed by atoms with van der Waals surface area (Å²) < 4.78 is 0. The highest BCUT2D eigenvalue weighted by molar-refractivity contribution is 5.79. The summed E-state index contributed by atoms with van der Waals surface area (Å²) in [6.07, 6.45) is 5.53. The van der Waals surface area contributed by atoms with E-state index in [4.69, 9.17) is 5.73 Å². The van der Waals surface area contributed by atoms with E-state index >= 15 is 0 Å². The molecule has 0 spiro atoms. The van der Waals surface area contributed by atoms with E-state index in [2.05, 4.69) is 24.1 Å². The van der Waals surface area contributed by atoms with Crippen LogP contribution in [0, 0.1) is 11.8 Å². The van der Waals surface area contributed by atoms with E-state index in [0.717, 1.165) is 25.8 Å². The van der Waals surface area contributed by atoms with Gasteiger partial charge in [0.1, 0.15) is 0 Å². The lowest BCUT2D eigenvalue weighted by Crippen LogP contribution is -2.45. The molecule has 4 heteroatoms. The van der Waals surface area contributed by atoms with Crippen LogP contribution in [0.15, 0.2) is 0 Å². The zero-order chi connectivity index (χ0) is 13.8. The van der Waals surface area contributed by atoms with Crippen molar-refractivity contribution in [2.24, 2.45) is 17.6 Å². The Morgan fingerprint density at radius 2 is 2.05 bits per heavy atom. The lowest BCUT2D eigenvalue weighted by molar-refractivity contribution is -0.127. The summed E-state index contributed by atoms with van der Waals surface area (Å²) in [4.78, 5) is 14.7. The van der Waals surface area contributed by atoms with Gasteiger partial charge in [0.05, 0.1) is 0 Å². The van der Waals surface area contributed by atoms with E-state index in [0.29, 0.717) is 18.0 Å². The van der Waals surface area contributed by atoms with Gasteiger partial charge in [-0.3, -0.25) is 9.69 Å². The van der Waals surface area contributed by atoms with Crippen molar-refractivity contribution in [2.75, 3.05) is 19.6 Å². The molecule has 4 atom stereocenters. The summed E-state index contributed by atoms with van der Waals surface area (Å²) in [5, 5.41) is 3.15. The van der Waals surface area contributed by atoms with Crippen molar-refractivity contribution in [1.82, 2.24) is 10.2 Å². The molecule has 2 aliphatic rings. The fourth-order valence-electron chi connectivity index (χ4n) is 3.52. The van der Waals surface area contributed by atoms with Crippen molar-refractivity contribution in [3.63, 3.8) is 0 Å². The molecule has 4 nitrogen and oxygen atoms in total. The molecule has 1 saturated carbocycles. The Balaban J connectivity index is 1.74. The van der Waals surface area contributed by atoms with Crippen molar-refractivity contribution >= 4 is 5.91 Å². The molecule has 1 amide bonds. The first-order valence-corrected chi connectivity index (χ1v) is 7.85. The predicted molar refractivity (Wildman–Crippen MR) is 77.8 cm³/mol. The van der Waals surface area contributed by atoms with Crippen LogP contribution in [0.3, 0.4) is 0 Å². The van der Waals surface area contributed by atoms with E-state index in [1.54, 1.807) is 0 Å². The summed E-state index contributed by atoms with van der Waals surface area (Å²) in [6.45, 7) is 7.53. The minimum atomic E-state index is 0.172. The Labute approximate surface area is 117 Å². The van der Waals surface area contributed by atoms with Crippen LogP contribution in [0.1, 0.15) is 46.0 Å². The minimum absolute atomic E-state index is 0.172. The molecule has 4 unspecified atom stereocenters. The van der Waals surface area contributed by atoms with Crippen LogP contribution in [0.2, 0.25) is 0 Å². The molecule has 1 aliphatic carbocycles. The van der Waals surface area contributed by atoms with Gasteiger partial charge >= 0.3 is 0 Å². The second-order valence-corrected chi connectivity index (χ2v) is 6.49. The number of nitrogens with two attached hydrogens (primary N) is 1. The SMILES string of the molecule is CC1CC(N)CCC1C(=O)NCC(C)N1CCCC1. The van der Waals surface area contributed by atoms with E-state index in [1.165, 1.54) is 25.9 Å². The smallest absolute Gasteiger partial charge is 0.223 e. The van der Waals surface area contributed by atoms with Crippen LogP contribution in [0.5, 0.6) is 0 Å². The third-order valence-corrected chi connectivity index (χ3v) is 4.88. The van der Waals surface area contributed by atoms with Gasteiger partial charge in [0.2, 0.25) is 5.91 Å². The maximum Gasteiger partial charge on any atom is 0.223 e. The third kappa shape index (κ3) is 3.93. The third-order valence-electron chi connectivity index (χ3n) is 4.88. The van der Waals surface area contributed by atoms with Crippen LogP contribution in [0.25, 0.3) is 0 Å². The topological polar surface area (TPSA) is 58.4 Å². The fourth-order valence-corrected chi connectivity index (χ4v) is 3.52. The van der Waals surface area contributed by atoms with Crippen molar-refractivity contribution in [2.45, 2.75) is 58.0 Å². The Morgan fingerprint density at radius 3 is 2.68 bits per heavy atom. The van der Waals surface area contributed by atoms with Gasteiger partial charge in [-0.1, -0.05) is 6.92 Å². The number of carbonyl (C=O) groups excluding carboxylic acids is 1. The highest BCUT2D eigenvalue weighted by Gasteiger charge is 2.31. The maximum atomic E-state index is 12.3. The van der Waals surface area contributed by atoms with Crippen LogP contribution < -0.4 is 11.1 Å². The number of amides is 1. The monoisotopic (exact) mass is 267 g/mol. The van der Waals surface area contributed by atoms with Gasteiger partial charge in [-0.25, -0.2) is 0 Å². The Hall–Kier alpha value is -0.610. The van der Waals surface area contributed by atoms with Gasteiger partial charge in [-0.15, -0.1) is 0 Å². The number of nitrogens with zero attached hydrogens (tertiary/aromatic N) is 1. The molecular formula is C15H29N3O. The van der Waals surface area contributed by atoms with Crippen LogP contribution in [-0.2, 0) is 4.79 Å². The summed E-state index contributed by atoms with van der Waals surface area (Å²) in [7, 11) is 0. The first kappa shape index (κ1) is 14.8. The zero-order valence-electron chi connectivity index (χ0n) is 12.4. The molecule has 1 saturated heterocycles. The van der Waals surface area contributed by atoms with Gasteiger partial charge in [0.15, 0.2) is 0 Å². The molecular weight excluding hydrogens is 238 g/mol. The van der Waals surface area contributed by atoms with Gasteiger partial charge < -0.3 is 11.1 Å². The van der Waals surface area contributed by atoms with E-state index in [1.807, 2.05) is 0 Å². The molecule has 3 N–H and O–H groups in total. The van der Waals surface area contributed by atoms with E-state index < -0.39 is 0 Å². The number of hydrogen-bond donors (Lipinski definition) is 2. The molecule has 110 valence electrons. The Bertz CT molecular complexity index is 302. The molecule has 1 heterocycles. The van der Waals surface area contributed by atoms with E-state index in [-0.39, 0.29) is 11.8 Å². The quantitative estimate of drug-likeness (QED) is 0.808. The summed E-state index contributed by atoms with van der Waals surface area (Å²) in [6, 6.07) is 0.759. The van der Waals surface area contributed by atoms with Crippen LogP contribution in [0.4, 0.5) is 0 Å². The standard InChI is InChI=1S/C15H29N3O/c1-11-9-13(16)5-6-14(11)15(19)17-10-12(2)18-7-3-4-8-18/h11-14H,3-10,16H2,1-2H3,(H,17,19). The van der Waals surface area contributed by atoms with Crippen molar-refractivity contribution in [3.05, 3.63) is 0 Å². The fraction of sp³-hybridized carbons (Fsp3) is 0.933. The molecule has 1 aliphatic heterocycles. The summed E-state index contributed by atoms with van der Waals surface area (Å²) in [5.41, 5.74) is 5.95. The maximum absolute atomic E-state index is 12.3. The molecule has 0 aromatic heterocycles. The highest BCUT2D eigenvalue weighted by Crippen LogP contribution is 2.29. The van der Waals surface area contributed by atoms with Crippen LogP contribution in [-0.4, -0.2) is 42.5 Å². The second-order valence-electron chi connectivity index (χ2n) is 6.49. The van der Waals surface area contributed by atoms with Gasteiger partial charge in [0.25, 0.3) is 0 Å². The predicted octanol–water partition coefficient (Wildman–Crippen LogP) is 1.35. The van der Waals surface area contributed by atoms with Gasteiger partial charge in [0, 0.05) is 24.5 Å². The largest absolute Gasteiger partial charge is 0.354 e. The summed E-state index contributed by atoms with van der Waals surface area (Å²) >= 11 is 0. The molecule has 2 rings (SSSR count). The Kier molecular flexibility index (Phi) is 5.22. The molecule has 0 bridgehead atoms. The summed E-state index contributed by atoms with van der Waals surface area (Å²) in [5.74, 6) is 0.835. The number of rotatable bonds is 4. The molecule has 0 aromatic carbocycles. The molecule has 2 fully saturated rings. The molecule has 19 heavy (non-hydrogen) atoms. The Morgan fingerprint density at radius 1 is 1.37 bits per heavy atom. The molecule has 0 radical (unpaired) electrons. The normalized spacial score (nSPS) is 34.2. The number of nitrogens with one attached hydrogen (secondary N) is 1. The number of likely N-dealkylation sites (tertiary alicyclic amines) is 1. The highest BCUT2D eigenvalue weighted by atomic mass is 16.1. The lowest BCUT2D eigenvalue weighted by Gasteiger charge is -2.32. The van der Waals surface area contributed by atoms with Crippen molar-refractivity contribution in [1.29, 1.82) is 0 Å². The van der Waals surface area contributed by atoms with Gasteiger partial charge in [-0.2, -0.15) is 0 Å².